The number of fused-ring (bicyclic) bond motifs is 1. The minimum atomic E-state index is 0.657. The highest BCUT2D eigenvalue weighted by molar-refractivity contribution is 9.10. The number of nitrogens with zero attached hydrogens (tertiary/aromatic N) is 1. The molecule has 0 saturated heterocycles. The van der Waals surface area contributed by atoms with Gasteiger partial charge in [0, 0.05) is 21.3 Å². The topological polar surface area (TPSA) is 50.9 Å². The predicted octanol–water partition coefficient (Wildman–Crippen LogP) is 4.95. The van der Waals surface area contributed by atoms with E-state index in [0.717, 1.165) is 38.4 Å². The van der Waals surface area contributed by atoms with Crippen molar-refractivity contribution in [2.24, 2.45) is 0 Å². The van der Waals surface area contributed by atoms with Crippen molar-refractivity contribution in [1.82, 2.24) is 4.98 Å². The Hall–Kier alpha value is -1.30. The van der Waals surface area contributed by atoms with Gasteiger partial charge in [-0.25, -0.2) is 0 Å². The molecular formula is C15H13BrClN3S. The second-order valence-corrected chi connectivity index (χ2v) is 7.35. The molecule has 2 aromatic heterocycles. The van der Waals surface area contributed by atoms with Crippen LogP contribution in [0.2, 0.25) is 4.34 Å². The highest BCUT2D eigenvalue weighted by Gasteiger charge is 2.07. The molecule has 0 radical (unpaired) electrons. The maximum Gasteiger partial charge on any atom is 0.0931 e. The summed E-state index contributed by atoms with van der Waals surface area (Å²) in [7, 11) is 0. The van der Waals surface area contributed by atoms with Crippen molar-refractivity contribution in [2.75, 3.05) is 17.6 Å². The van der Waals surface area contributed by atoms with Crippen molar-refractivity contribution in [2.45, 2.75) is 6.42 Å². The van der Waals surface area contributed by atoms with Gasteiger partial charge in [-0.1, -0.05) is 27.5 Å². The monoisotopic (exact) mass is 381 g/mol. The van der Waals surface area contributed by atoms with Crippen LogP contribution < -0.4 is 11.1 Å². The molecule has 6 heteroatoms. The van der Waals surface area contributed by atoms with E-state index in [2.05, 4.69) is 32.3 Å². The van der Waals surface area contributed by atoms with Crippen LogP contribution in [0.1, 0.15) is 4.88 Å². The molecule has 0 aliphatic rings. The zero-order chi connectivity index (χ0) is 14.8. The molecule has 0 unspecified atom stereocenters. The van der Waals surface area contributed by atoms with E-state index in [1.807, 2.05) is 24.3 Å². The number of nitrogens with one attached hydrogen (secondary N) is 1. The van der Waals surface area contributed by atoms with Crippen LogP contribution >= 0.6 is 38.9 Å². The molecule has 0 aliphatic carbocycles. The van der Waals surface area contributed by atoms with E-state index in [-0.39, 0.29) is 0 Å². The SMILES string of the molecule is Nc1cnc2ccc(Br)cc2c1NCCc1ccc(Cl)s1. The number of rotatable bonds is 4. The van der Waals surface area contributed by atoms with Gasteiger partial charge in [-0.15, -0.1) is 11.3 Å². The Morgan fingerprint density at radius 2 is 2.14 bits per heavy atom. The fourth-order valence-corrected chi connectivity index (χ4v) is 3.62. The summed E-state index contributed by atoms with van der Waals surface area (Å²) in [6.07, 6.45) is 2.61. The second-order valence-electron chi connectivity index (χ2n) is 4.63. The third kappa shape index (κ3) is 3.31. The first-order valence-corrected chi connectivity index (χ1v) is 8.44. The Labute approximate surface area is 140 Å². The van der Waals surface area contributed by atoms with E-state index in [1.54, 1.807) is 17.5 Å². The normalized spacial score (nSPS) is 11.0. The van der Waals surface area contributed by atoms with Crippen molar-refractivity contribution in [3.05, 3.63) is 50.2 Å². The van der Waals surface area contributed by atoms with Crippen LogP contribution in [0.3, 0.4) is 0 Å². The summed E-state index contributed by atoms with van der Waals surface area (Å²) >= 11 is 11.0. The lowest BCUT2D eigenvalue weighted by Gasteiger charge is -2.12. The van der Waals surface area contributed by atoms with E-state index in [4.69, 9.17) is 17.3 Å². The number of anilines is 2. The van der Waals surface area contributed by atoms with Gasteiger partial charge in [-0.05, 0) is 36.8 Å². The van der Waals surface area contributed by atoms with Gasteiger partial charge < -0.3 is 11.1 Å². The average Bonchev–Trinajstić information content (AvgIpc) is 2.87. The first-order chi connectivity index (χ1) is 10.1. The lowest BCUT2D eigenvalue weighted by Crippen LogP contribution is -2.07. The molecule has 0 atom stereocenters. The first kappa shape index (κ1) is 14.6. The summed E-state index contributed by atoms with van der Waals surface area (Å²) in [4.78, 5) is 5.61. The highest BCUT2D eigenvalue weighted by Crippen LogP contribution is 2.30. The van der Waals surface area contributed by atoms with Crippen molar-refractivity contribution in [3.63, 3.8) is 0 Å². The molecule has 0 fully saturated rings. The standard InChI is InChI=1S/C15H13BrClN3S/c16-9-1-3-13-11(7-9)15(12(18)8-20-13)19-6-5-10-2-4-14(17)21-10/h1-4,7-8H,5-6,18H2,(H,19,20). The lowest BCUT2D eigenvalue weighted by molar-refractivity contribution is 1.05. The Kier molecular flexibility index (Phi) is 4.33. The summed E-state index contributed by atoms with van der Waals surface area (Å²) in [5, 5.41) is 4.44. The summed E-state index contributed by atoms with van der Waals surface area (Å²) < 4.78 is 1.83. The van der Waals surface area contributed by atoms with Crippen molar-refractivity contribution < 1.29 is 0 Å². The zero-order valence-corrected chi connectivity index (χ0v) is 14.2. The van der Waals surface area contributed by atoms with Crippen LogP contribution in [0, 0.1) is 0 Å². The Morgan fingerprint density at radius 3 is 2.90 bits per heavy atom. The van der Waals surface area contributed by atoms with Crippen LogP contribution in [0.5, 0.6) is 0 Å². The van der Waals surface area contributed by atoms with Gasteiger partial charge in [-0.3, -0.25) is 4.98 Å². The highest BCUT2D eigenvalue weighted by atomic mass is 79.9. The fourth-order valence-electron chi connectivity index (χ4n) is 2.17. The maximum absolute atomic E-state index is 6.06. The number of benzene rings is 1. The van der Waals surface area contributed by atoms with E-state index in [1.165, 1.54) is 4.88 Å². The molecule has 0 aliphatic heterocycles. The minimum Gasteiger partial charge on any atom is -0.396 e. The molecule has 0 amide bonds. The van der Waals surface area contributed by atoms with Crippen LogP contribution in [-0.4, -0.2) is 11.5 Å². The number of nitrogens with two attached hydrogens (primary N) is 1. The van der Waals surface area contributed by atoms with E-state index < -0.39 is 0 Å². The van der Waals surface area contributed by atoms with Gasteiger partial charge in [-0.2, -0.15) is 0 Å². The smallest absolute Gasteiger partial charge is 0.0931 e. The molecular weight excluding hydrogens is 370 g/mol. The Bertz CT molecular complexity index is 782. The van der Waals surface area contributed by atoms with Gasteiger partial charge in [0.15, 0.2) is 0 Å². The molecule has 0 saturated carbocycles. The molecule has 0 bridgehead atoms. The number of hydrogen-bond acceptors (Lipinski definition) is 4. The quantitative estimate of drug-likeness (QED) is 0.671. The Morgan fingerprint density at radius 1 is 1.29 bits per heavy atom. The number of aromatic nitrogens is 1. The maximum atomic E-state index is 6.06. The minimum absolute atomic E-state index is 0.657. The van der Waals surface area contributed by atoms with E-state index in [0.29, 0.717) is 5.69 Å². The predicted molar refractivity (Wildman–Crippen MR) is 95.4 cm³/mol. The van der Waals surface area contributed by atoms with Crippen molar-refractivity contribution in [1.29, 1.82) is 0 Å². The van der Waals surface area contributed by atoms with Gasteiger partial charge in [0.25, 0.3) is 0 Å². The largest absolute Gasteiger partial charge is 0.396 e. The van der Waals surface area contributed by atoms with Crippen LogP contribution in [0.15, 0.2) is 41.0 Å². The van der Waals surface area contributed by atoms with Crippen molar-refractivity contribution in [3.8, 4) is 0 Å². The van der Waals surface area contributed by atoms with Gasteiger partial charge in [0.05, 0.1) is 27.4 Å². The molecule has 3 rings (SSSR count). The zero-order valence-electron chi connectivity index (χ0n) is 11.1. The van der Waals surface area contributed by atoms with Crippen LogP contribution in [0.25, 0.3) is 10.9 Å². The van der Waals surface area contributed by atoms with Gasteiger partial charge in [0.2, 0.25) is 0 Å². The molecule has 0 spiro atoms. The number of pyridine rings is 1. The number of hydrogen-bond donors (Lipinski definition) is 2. The molecule has 21 heavy (non-hydrogen) atoms. The third-order valence-electron chi connectivity index (χ3n) is 3.16. The van der Waals surface area contributed by atoms with E-state index in [9.17, 15) is 0 Å². The Balaban J connectivity index is 1.82. The van der Waals surface area contributed by atoms with E-state index >= 15 is 0 Å². The first-order valence-electron chi connectivity index (χ1n) is 6.45. The third-order valence-corrected chi connectivity index (χ3v) is 4.95. The fraction of sp³-hybridized carbons (Fsp3) is 0.133. The molecule has 2 heterocycles. The number of halogens is 2. The van der Waals surface area contributed by atoms with Gasteiger partial charge >= 0.3 is 0 Å². The van der Waals surface area contributed by atoms with Gasteiger partial charge in [0.1, 0.15) is 0 Å². The number of nitrogen functional groups attached to an aromatic ring is 1. The average molecular weight is 383 g/mol. The molecule has 1 aromatic carbocycles. The molecule has 3 N–H and O–H groups in total. The molecule has 3 nitrogen and oxygen atoms in total. The summed E-state index contributed by atoms with van der Waals surface area (Å²) in [5.41, 5.74) is 8.58. The summed E-state index contributed by atoms with van der Waals surface area (Å²) in [6, 6.07) is 9.96. The summed E-state index contributed by atoms with van der Waals surface area (Å²) in [5.74, 6) is 0. The summed E-state index contributed by atoms with van der Waals surface area (Å²) in [6.45, 7) is 0.798. The lowest BCUT2D eigenvalue weighted by atomic mass is 10.1. The molecule has 108 valence electrons. The second kappa shape index (κ2) is 6.22. The van der Waals surface area contributed by atoms with Crippen molar-refractivity contribution >= 4 is 61.1 Å². The molecule has 3 aromatic rings. The van der Waals surface area contributed by atoms with Crippen LogP contribution in [0.4, 0.5) is 11.4 Å². The van der Waals surface area contributed by atoms with Crippen LogP contribution in [-0.2, 0) is 6.42 Å². The number of thiophene rings is 1.